The first kappa shape index (κ1) is 19.4. The van der Waals surface area contributed by atoms with E-state index in [2.05, 4.69) is 4.90 Å². The van der Waals surface area contributed by atoms with Gasteiger partial charge in [-0.25, -0.2) is 9.18 Å². The van der Waals surface area contributed by atoms with E-state index in [0.29, 0.717) is 35.9 Å². The molecule has 0 aliphatic carbocycles. The van der Waals surface area contributed by atoms with Crippen LogP contribution in [0, 0.1) is 5.82 Å². The minimum atomic E-state index is -1.02. The van der Waals surface area contributed by atoms with E-state index in [1.54, 1.807) is 29.2 Å². The Bertz CT molecular complexity index is 976. The fourth-order valence-corrected chi connectivity index (χ4v) is 4.17. The Balaban J connectivity index is 1.56. The van der Waals surface area contributed by atoms with Crippen LogP contribution in [0.2, 0.25) is 0 Å². The molecule has 1 saturated heterocycles. The predicted octanol–water partition coefficient (Wildman–Crippen LogP) is 2.87. The van der Waals surface area contributed by atoms with E-state index in [0.717, 1.165) is 25.1 Å². The van der Waals surface area contributed by atoms with Gasteiger partial charge in [-0.1, -0.05) is 0 Å². The molecular weight excluding hydrogens is 373 g/mol. The van der Waals surface area contributed by atoms with Crippen molar-refractivity contribution in [2.24, 2.45) is 0 Å². The number of rotatable bonds is 4. The van der Waals surface area contributed by atoms with Crippen LogP contribution in [0.1, 0.15) is 32.7 Å². The molecule has 2 aliphatic heterocycles. The quantitative estimate of drug-likeness (QED) is 0.860. The van der Waals surface area contributed by atoms with Gasteiger partial charge >= 0.3 is 5.97 Å². The van der Waals surface area contributed by atoms with E-state index < -0.39 is 5.97 Å². The van der Waals surface area contributed by atoms with E-state index in [1.807, 2.05) is 19.0 Å². The third-order valence-electron chi connectivity index (χ3n) is 5.91. The topological polar surface area (TPSA) is 64.1 Å². The molecule has 0 bridgehead atoms. The van der Waals surface area contributed by atoms with Crippen molar-refractivity contribution < 1.29 is 19.1 Å². The van der Waals surface area contributed by atoms with Gasteiger partial charge in [-0.15, -0.1) is 0 Å². The van der Waals surface area contributed by atoms with Gasteiger partial charge in [0.15, 0.2) is 0 Å². The number of aromatic carboxylic acids is 1. The lowest BCUT2D eigenvalue weighted by atomic mass is 9.96. The van der Waals surface area contributed by atoms with Crippen molar-refractivity contribution in [1.29, 1.82) is 0 Å². The van der Waals surface area contributed by atoms with Crippen LogP contribution in [0.5, 0.6) is 0 Å². The SMILES string of the molecule is CN(C)[C@@H]1CCN(c2ccc(N3CCc4cc(C(=O)O)ccc4C3=O)cc2F)C1. The molecule has 7 heteroatoms. The van der Waals surface area contributed by atoms with Crippen molar-refractivity contribution >= 4 is 23.3 Å². The summed E-state index contributed by atoms with van der Waals surface area (Å²) in [4.78, 5) is 29.8. The zero-order chi connectivity index (χ0) is 20.7. The Morgan fingerprint density at radius 3 is 2.62 bits per heavy atom. The third-order valence-corrected chi connectivity index (χ3v) is 5.91. The molecule has 1 atom stereocenters. The number of likely N-dealkylation sites (N-methyl/N-ethyl adjacent to an activating group) is 1. The predicted molar refractivity (Wildman–Crippen MR) is 109 cm³/mol. The monoisotopic (exact) mass is 397 g/mol. The smallest absolute Gasteiger partial charge is 0.335 e. The number of halogens is 1. The maximum Gasteiger partial charge on any atom is 0.335 e. The molecule has 0 spiro atoms. The summed E-state index contributed by atoms with van der Waals surface area (Å²) in [5, 5.41) is 9.13. The molecule has 1 N–H and O–H groups in total. The minimum absolute atomic E-state index is 0.169. The van der Waals surface area contributed by atoms with Crippen LogP contribution in [0.3, 0.4) is 0 Å². The highest BCUT2D eigenvalue weighted by Gasteiger charge is 2.29. The summed E-state index contributed by atoms with van der Waals surface area (Å²) in [5.41, 5.74) is 2.44. The zero-order valence-electron chi connectivity index (χ0n) is 16.6. The van der Waals surface area contributed by atoms with Gasteiger partial charge in [0.25, 0.3) is 5.91 Å². The van der Waals surface area contributed by atoms with Crippen molar-refractivity contribution in [2.45, 2.75) is 18.9 Å². The highest BCUT2D eigenvalue weighted by atomic mass is 19.1. The zero-order valence-corrected chi connectivity index (χ0v) is 16.6. The van der Waals surface area contributed by atoms with Gasteiger partial charge in [-0.05, 0) is 68.9 Å². The second-order valence-corrected chi connectivity index (χ2v) is 7.87. The Morgan fingerprint density at radius 2 is 1.97 bits per heavy atom. The third kappa shape index (κ3) is 3.58. The number of hydrogen-bond acceptors (Lipinski definition) is 4. The molecule has 0 aromatic heterocycles. The average molecular weight is 397 g/mol. The summed E-state index contributed by atoms with van der Waals surface area (Å²) in [6.07, 6.45) is 1.52. The second-order valence-electron chi connectivity index (χ2n) is 7.87. The molecule has 2 heterocycles. The summed E-state index contributed by atoms with van der Waals surface area (Å²) in [6.45, 7) is 1.98. The van der Waals surface area contributed by atoms with Crippen LogP contribution < -0.4 is 9.80 Å². The first-order valence-electron chi connectivity index (χ1n) is 9.74. The Labute approximate surface area is 169 Å². The van der Waals surface area contributed by atoms with Crippen LogP contribution in [-0.2, 0) is 6.42 Å². The second kappa shape index (κ2) is 7.48. The van der Waals surface area contributed by atoms with Gasteiger partial charge in [0.05, 0.1) is 11.3 Å². The number of benzene rings is 2. The number of carboxylic acid groups (broad SMARTS) is 1. The van der Waals surface area contributed by atoms with Crippen LogP contribution >= 0.6 is 0 Å². The molecule has 1 fully saturated rings. The van der Waals surface area contributed by atoms with Gasteiger partial charge in [0.2, 0.25) is 0 Å². The van der Waals surface area contributed by atoms with E-state index >= 15 is 0 Å². The summed E-state index contributed by atoms with van der Waals surface area (Å²) < 4.78 is 14.9. The van der Waals surface area contributed by atoms with E-state index in [9.17, 15) is 14.0 Å². The van der Waals surface area contributed by atoms with E-state index in [1.165, 1.54) is 12.1 Å². The van der Waals surface area contributed by atoms with Gasteiger partial charge in [-0.2, -0.15) is 0 Å². The van der Waals surface area contributed by atoms with Crippen molar-refractivity contribution in [2.75, 3.05) is 43.5 Å². The molecule has 2 aliphatic rings. The van der Waals surface area contributed by atoms with Crippen molar-refractivity contribution in [3.8, 4) is 0 Å². The highest BCUT2D eigenvalue weighted by Crippen LogP contribution is 2.31. The van der Waals surface area contributed by atoms with Crippen LogP contribution in [0.4, 0.5) is 15.8 Å². The number of carboxylic acids is 1. The number of carbonyl (C=O) groups is 2. The van der Waals surface area contributed by atoms with Crippen molar-refractivity contribution in [3.63, 3.8) is 0 Å². The Morgan fingerprint density at radius 1 is 1.17 bits per heavy atom. The summed E-state index contributed by atoms with van der Waals surface area (Å²) >= 11 is 0. The first-order valence-corrected chi connectivity index (χ1v) is 9.74. The molecule has 0 saturated carbocycles. The molecule has 0 radical (unpaired) electrons. The number of carbonyl (C=O) groups excluding carboxylic acids is 1. The lowest BCUT2D eigenvalue weighted by Gasteiger charge is -2.29. The molecule has 1 amide bonds. The highest BCUT2D eigenvalue weighted by molar-refractivity contribution is 6.08. The fourth-order valence-electron chi connectivity index (χ4n) is 4.17. The molecular formula is C22H24FN3O3. The van der Waals surface area contributed by atoms with Crippen LogP contribution in [0.15, 0.2) is 36.4 Å². The number of anilines is 2. The standard InChI is InChI=1S/C22H24FN3O3/c1-24(2)17-8-9-25(13-17)20-6-4-16(12-19(20)23)26-10-7-14-11-15(22(28)29)3-5-18(14)21(26)27/h3-6,11-12,17H,7-10,13H2,1-2H3,(H,28,29)/t17-/m1/s1. The number of hydrogen-bond donors (Lipinski definition) is 1. The van der Waals surface area contributed by atoms with E-state index in [-0.39, 0.29) is 17.3 Å². The minimum Gasteiger partial charge on any atom is -0.478 e. The van der Waals surface area contributed by atoms with E-state index in [4.69, 9.17) is 5.11 Å². The molecule has 29 heavy (non-hydrogen) atoms. The Kier molecular flexibility index (Phi) is 5.00. The molecule has 2 aromatic rings. The summed E-state index contributed by atoms with van der Waals surface area (Å²) in [5.74, 6) is -1.58. The van der Waals surface area contributed by atoms with Crippen LogP contribution in [-0.4, -0.2) is 61.7 Å². The summed E-state index contributed by atoms with van der Waals surface area (Å²) in [7, 11) is 4.07. The van der Waals surface area contributed by atoms with Gasteiger partial charge in [-0.3, -0.25) is 4.79 Å². The van der Waals surface area contributed by atoms with Crippen molar-refractivity contribution in [3.05, 3.63) is 58.9 Å². The lowest BCUT2D eigenvalue weighted by molar-refractivity contribution is 0.0696. The van der Waals surface area contributed by atoms with Gasteiger partial charge in [0.1, 0.15) is 5.82 Å². The maximum absolute atomic E-state index is 14.9. The van der Waals surface area contributed by atoms with Crippen LogP contribution in [0.25, 0.3) is 0 Å². The number of fused-ring (bicyclic) bond motifs is 1. The average Bonchev–Trinajstić information content (AvgIpc) is 3.18. The normalized spacial score (nSPS) is 19.0. The number of amides is 1. The lowest BCUT2D eigenvalue weighted by Crippen LogP contribution is -2.38. The maximum atomic E-state index is 14.9. The van der Waals surface area contributed by atoms with Gasteiger partial charge in [0, 0.05) is 36.9 Å². The first-order chi connectivity index (χ1) is 13.8. The van der Waals surface area contributed by atoms with Crippen molar-refractivity contribution in [1.82, 2.24) is 4.90 Å². The van der Waals surface area contributed by atoms with Gasteiger partial charge < -0.3 is 19.8 Å². The largest absolute Gasteiger partial charge is 0.478 e. The fraction of sp³-hybridized carbons (Fsp3) is 0.364. The number of nitrogens with zero attached hydrogens (tertiary/aromatic N) is 3. The Hall–Kier alpha value is -2.93. The molecule has 0 unspecified atom stereocenters. The summed E-state index contributed by atoms with van der Waals surface area (Å²) in [6, 6.07) is 9.89. The molecule has 6 nitrogen and oxygen atoms in total. The molecule has 2 aromatic carbocycles. The molecule has 152 valence electrons. The molecule has 4 rings (SSSR count).